The molecule has 3 heterocycles. The highest BCUT2D eigenvalue weighted by molar-refractivity contribution is 7.90. The van der Waals surface area contributed by atoms with Crippen LogP contribution in [0.15, 0.2) is 18.5 Å². The average molecular weight is 525 g/mol. The molecule has 2 atom stereocenters. The highest BCUT2D eigenvalue weighted by Crippen LogP contribution is 2.47. The molecule has 184 valence electrons. The van der Waals surface area contributed by atoms with Gasteiger partial charge in [-0.15, -0.1) is 4.72 Å². The quantitative estimate of drug-likeness (QED) is 0.325. The van der Waals surface area contributed by atoms with Gasteiger partial charge in [0.15, 0.2) is 11.6 Å². The molecule has 2 aromatic heterocycles. The third-order valence-corrected chi connectivity index (χ3v) is 9.36. The van der Waals surface area contributed by atoms with Gasteiger partial charge in [0.25, 0.3) is 0 Å². The molecule has 4 rings (SSSR count). The fourth-order valence-electron chi connectivity index (χ4n) is 4.99. The number of hydrogen-bond acceptors (Lipinski definition) is 7. The number of pyridine rings is 1. The van der Waals surface area contributed by atoms with Crippen LogP contribution in [0, 0.1) is 5.41 Å². The molecule has 2 aliphatic rings. The van der Waals surface area contributed by atoms with Crippen molar-refractivity contribution in [3.8, 4) is 11.3 Å². The summed E-state index contributed by atoms with van der Waals surface area (Å²) in [7, 11) is 0. The van der Waals surface area contributed by atoms with Crippen LogP contribution in [0.1, 0.15) is 70.3 Å². The maximum atomic E-state index is 12.8. The molecule has 1 saturated carbocycles. The van der Waals surface area contributed by atoms with E-state index in [0.29, 0.717) is 22.8 Å². The Bertz CT molecular complexity index is 1070. The van der Waals surface area contributed by atoms with Gasteiger partial charge in [0.1, 0.15) is 15.6 Å². The smallest absolute Gasteiger partial charge is 0.181 e. The lowest BCUT2D eigenvalue weighted by atomic mass is 9.74. The summed E-state index contributed by atoms with van der Waals surface area (Å²) in [5, 5.41) is 0.468. The third kappa shape index (κ3) is 5.07. The summed E-state index contributed by atoms with van der Waals surface area (Å²) in [6.45, 7) is 9.05. The number of nitrogens with one attached hydrogen (secondary N) is 1. The summed E-state index contributed by atoms with van der Waals surface area (Å²) in [6, 6.07) is 1.95. The van der Waals surface area contributed by atoms with Gasteiger partial charge in [-0.3, -0.25) is 4.79 Å². The van der Waals surface area contributed by atoms with E-state index in [0.717, 1.165) is 45.2 Å². The molecule has 7 nitrogen and oxygen atoms in total. The first kappa shape index (κ1) is 25.6. The first-order chi connectivity index (χ1) is 16.0. The summed E-state index contributed by atoms with van der Waals surface area (Å²) >= 11 is 11.3. The van der Waals surface area contributed by atoms with Crippen molar-refractivity contribution >= 4 is 46.2 Å². The van der Waals surface area contributed by atoms with Crippen LogP contribution in [0.5, 0.6) is 0 Å². The van der Waals surface area contributed by atoms with Crippen LogP contribution < -0.4 is 9.62 Å². The van der Waals surface area contributed by atoms with Gasteiger partial charge in [0.05, 0.1) is 23.0 Å². The molecule has 0 bridgehead atoms. The van der Waals surface area contributed by atoms with Crippen molar-refractivity contribution in [1.29, 1.82) is 0 Å². The summed E-state index contributed by atoms with van der Waals surface area (Å²) in [5.41, 5.74) is 1.53. The van der Waals surface area contributed by atoms with Crippen LogP contribution in [0.2, 0.25) is 10.2 Å². The van der Waals surface area contributed by atoms with Crippen LogP contribution in [0.25, 0.3) is 11.3 Å². The number of Topliss-reactive ketones (excluding diaryl/α,β-unsaturated/α-hetero) is 1. The van der Waals surface area contributed by atoms with Gasteiger partial charge in [-0.25, -0.2) is 15.0 Å². The lowest BCUT2D eigenvalue weighted by Gasteiger charge is -2.44. The average Bonchev–Trinajstić information content (AvgIpc) is 3.16. The Morgan fingerprint density at radius 1 is 1.24 bits per heavy atom. The number of rotatable bonds is 5. The monoisotopic (exact) mass is 523 g/mol. The van der Waals surface area contributed by atoms with Gasteiger partial charge in [0, 0.05) is 43.1 Å². The van der Waals surface area contributed by atoms with E-state index in [1.54, 1.807) is 18.5 Å². The number of halogens is 2. The van der Waals surface area contributed by atoms with E-state index in [-0.39, 0.29) is 32.2 Å². The minimum Gasteiger partial charge on any atom is -0.598 e. The number of piperidine rings is 1. The molecule has 1 spiro atoms. The van der Waals surface area contributed by atoms with E-state index in [4.69, 9.17) is 23.2 Å². The molecule has 34 heavy (non-hydrogen) atoms. The van der Waals surface area contributed by atoms with Gasteiger partial charge < -0.3 is 9.45 Å². The SMILES string of the molecule is CC(=O)c1nc(-c2ccnc(Cl)c2Cl)cnc1N1CCC2(CCC[C@H]2N[S@+]([O-])C(C)(C)C)CC1. The van der Waals surface area contributed by atoms with Crippen molar-refractivity contribution in [2.24, 2.45) is 5.41 Å². The van der Waals surface area contributed by atoms with E-state index in [1.165, 1.54) is 6.92 Å². The zero-order valence-corrected chi connectivity index (χ0v) is 22.4. The maximum Gasteiger partial charge on any atom is 0.181 e. The predicted octanol–water partition coefficient (Wildman–Crippen LogP) is 5.24. The summed E-state index contributed by atoms with van der Waals surface area (Å²) in [4.78, 5) is 27.9. The number of carbonyl (C=O) groups is 1. The highest BCUT2D eigenvalue weighted by atomic mass is 35.5. The Labute approximate surface area is 214 Å². The normalized spacial score (nSPS) is 21.1. The first-order valence-corrected chi connectivity index (χ1v) is 13.5. The Balaban J connectivity index is 1.54. The van der Waals surface area contributed by atoms with Gasteiger partial charge in [0.2, 0.25) is 0 Å². The number of ketones is 1. The molecule has 10 heteroatoms. The predicted molar refractivity (Wildman–Crippen MR) is 138 cm³/mol. The first-order valence-electron chi connectivity index (χ1n) is 11.6. The molecule has 2 aromatic rings. The van der Waals surface area contributed by atoms with E-state index >= 15 is 0 Å². The van der Waals surface area contributed by atoms with Crippen LogP contribution in [-0.2, 0) is 11.4 Å². The number of anilines is 1. The molecule has 0 radical (unpaired) electrons. The summed E-state index contributed by atoms with van der Waals surface area (Å²) in [5.74, 6) is 0.449. The number of carbonyl (C=O) groups excluding carboxylic acids is 1. The maximum absolute atomic E-state index is 12.8. The zero-order valence-electron chi connectivity index (χ0n) is 20.0. The van der Waals surface area contributed by atoms with Crippen molar-refractivity contribution < 1.29 is 9.35 Å². The zero-order chi connectivity index (χ0) is 24.7. The molecule has 1 N–H and O–H groups in total. The summed E-state index contributed by atoms with van der Waals surface area (Å²) < 4.78 is 15.9. The number of nitrogens with zero attached hydrogens (tertiary/aromatic N) is 4. The molecular weight excluding hydrogens is 493 g/mol. The van der Waals surface area contributed by atoms with E-state index in [9.17, 15) is 9.35 Å². The molecular formula is C24H31Cl2N5O2S. The lowest BCUT2D eigenvalue weighted by Crippen LogP contribution is -2.53. The minimum atomic E-state index is -1.09. The highest BCUT2D eigenvalue weighted by Gasteiger charge is 2.48. The molecule has 1 aliphatic heterocycles. The van der Waals surface area contributed by atoms with Crippen molar-refractivity contribution in [3.63, 3.8) is 0 Å². The standard InChI is InChI=1S/C24H31Cl2N5O2S/c1-15(32)20-22(28-14-17(29-20)16-7-11-27-21(26)19(16)25)31-12-9-24(10-13-31)8-5-6-18(24)30-34(33)23(2,3)4/h7,11,14,18,30H,5-6,8-10,12-13H2,1-4H3/t18-,34-/m1/s1. The fourth-order valence-corrected chi connectivity index (χ4v) is 6.33. The molecule has 1 aliphatic carbocycles. The number of hydrogen-bond donors (Lipinski definition) is 1. The number of aromatic nitrogens is 3. The second kappa shape index (κ2) is 9.90. The molecule has 2 fully saturated rings. The van der Waals surface area contributed by atoms with Gasteiger partial charge in [-0.1, -0.05) is 29.6 Å². The van der Waals surface area contributed by atoms with Crippen LogP contribution in [0.3, 0.4) is 0 Å². The Kier molecular flexibility index (Phi) is 7.46. The Morgan fingerprint density at radius 3 is 2.59 bits per heavy atom. The second-order valence-corrected chi connectivity index (χ2v) is 13.0. The largest absolute Gasteiger partial charge is 0.598 e. The Hall–Kier alpha value is -1.45. The topological polar surface area (TPSA) is 94.1 Å². The summed E-state index contributed by atoms with van der Waals surface area (Å²) in [6.07, 6.45) is 8.42. The van der Waals surface area contributed by atoms with Gasteiger partial charge in [-0.2, -0.15) is 0 Å². The van der Waals surface area contributed by atoms with E-state index < -0.39 is 11.4 Å². The minimum absolute atomic E-state index is 0.127. The molecule has 0 aromatic carbocycles. The second-order valence-electron chi connectivity index (χ2n) is 10.2. The van der Waals surface area contributed by atoms with E-state index in [1.807, 2.05) is 20.8 Å². The van der Waals surface area contributed by atoms with Crippen LogP contribution in [0.4, 0.5) is 5.82 Å². The van der Waals surface area contributed by atoms with E-state index in [2.05, 4.69) is 24.6 Å². The fraction of sp³-hybridized carbons (Fsp3) is 0.583. The van der Waals surface area contributed by atoms with Crippen molar-refractivity contribution in [1.82, 2.24) is 19.7 Å². The van der Waals surface area contributed by atoms with Crippen LogP contribution in [-0.4, -0.2) is 49.2 Å². The lowest BCUT2D eigenvalue weighted by molar-refractivity contribution is 0.101. The van der Waals surface area contributed by atoms with Crippen molar-refractivity contribution in [2.75, 3.05) is 18.0 Å². The molecule has 0 unspecified atom stereocenters. The third-order valence-electron chi connectivity index (χ3n) is 6.98. The molecule has 0 amide bonds. The van der Waals surface area contributed by atoms with Gasteiger partial charge >= 0.3 is 0 Å². The molecule has 1 saturated heterocycles. The van der Waals surface area contributed by atoms with Crippen molar-refractivity contribution in [2.45, 2.75) is 70.6 Å². The van der Waals surface area contributed by atoms with Gasteiger partial charge in [-0.05, 0) is 57.9 Å². The Morgan fingerprint density at radius 2 is 1.94 bits per heavy atom. The van der Waals surface area contributed by atoms with Crippen molar-refractivity contribution in [3.05, 3.63) is 34.3 Å². The van der Waals surface area contributed by atoms with Crippen LogP contribution >= 0.6 is 23.2 Å².